The Hall–Kier alpha value is -8.35. The number of benzene rings is 7. The lowest BCUT2D eigenvalue weighted by atomic mass is 9.80. The Labute approximate surface area is 626 Å². The number of alkyl halides is 2. The summed E-state index contributed by atoms with van der Waals surface area (Å²) in [6.45, 7) is 22.1. The molecule has 23 heteroatoms. The molecule has 4 amide bonds. The molecule has 0 atom stereocenters. The molecule has 0 fully saturated rings. The summed E-state index contributed by atoms with van der Waals surface area (Å²) in [6.07, 6.45) is 4.70. The molecule has 0 spiro atoms. The van der Waals surface area contributed by atoms with E-state index in [1.165, 1.54) is 33.9 Å². The predicted molar refractivity (Wildman–Crippen MR) is 414 cm³/mol. The molecule has 0 saturated carbocycles. The van der Waals surface area contributed by atoms with Gasteiger partial charge in [0.2, 0.25) is 23.6 Å². The second-order valence-corrected chi connectivity index (χ2v) is 29.4. The minimum absolute atomic E-state index is 0.0357. The van der Waals surface area contributed by atoms with Gasteiger partial charge in [0.25, 0.3) is 0 Å². The van der Waals surface area contributed by atoms with Crippen molar-refractivity contribution in [2.75, 3.05) is 52.2 Å². The molecule has 4 aliphatic heterocycles. The molecule has 7 aromatic rings. The number of carboxylic acid groups (broad SMARTS) is 1. The molecular weight excluding hydrogens is 1500 g/mol. The van der Waals surface area contributed by atoms with E-state index in [4.69, 9.17) is 30.7 Å². The number of ether oxygens (including phenoxy) is 3. The lowest BCUT2D eigenvalue weighted by Gasteiger charge is -2.30. The highest BCUT2D eigenvalue weighted by atomic mass is 79.9. The number of nitrogens with zero attached hydrogens (tertiary/aromatic N) is 3. The van der Waals surface area contributed by atoms with E-state index in [1.807, 2.05) is 143 Å². The Morgan fingerprint density at radius 1 is 0.471 bits per heavy atom. The third-order valence-corrected chi connectivity index (χ3v) is 16.6. The Bertz CT molecular complexity index is 4030. The molecule has 0 bridgehead atoms. The van der Waals surface area contributed by atoms with Crippen molar-refractivity contribution >= 4 is 131 Å². The molecule has 102 heavy (non-hydrogen) atoms. The van der Waals surface area contributed by atoms with Crippen LogP contribution in [-0.2, 0) is 78.3 Å². The summed E-state index contributed by atoms with van der Waals surface area (Å²) in [7, 11) is 0.403. The zero-order valence-electron chi connectivity index (χ0n) is 61.6. The van der Waals surface area contributed by atoms with Crippen molar-refractivity contribution in [3.8, 4) is 22.3 Å². The predicted octanol–water partition coefficient (Wildman–Crippen LogP) is 15.3. The Kier molecular flexibility index (Phi) is 33.0. The summed E-state index contributed by atoms with van der Waals surface area (Å²) in [5.41, 5.74) is 14.8. The number of esters is 3. The van der Waals surface area contributed by atoms with Crippen molar-refractivity contribution in [3.63, 3.8) is 0 Å². The van der Waals surface area contributed by atoms with Crippen molar-refractivity contribution in [2.24, 2.45) is 0 Å². The Morgan fingerprint density at radius 2 is 0.794 bits per heavy atom. The zero-order valence-corrected chi connectivity index (χ0v) is 65.4. The molecule has 0 aromatic heterocycles. The summed E-state index contributed by atoms with van der Waals surface area (Å²) in [4.78, 5) is 97.4. The van der Waals surface area contributed by atoms with Crippen LogP contribution in [0.4, 0.5) is 27.1 Å². The number of carbonyl (C=O) groups excluding carboxylic acids is 7. The molecule has 0 saturated heterocycles. The molecule has 4 N–H and O–H groups in total. The first-order chi connectivity index (χ1) is 48.4. The number of carbonyl (C=O) groups is 8. The number of nitrogens with one attached hydrogen (secondary N) is 1. The average Bonchev–Trinajstić information content (AvgIpc) is 0.804. The van der Waals surface area contributed by atoms with Crippen molar-refractivity contribution < 1.29 is 73.5 Å². The zero-order chi connectivity index (χ0) is 77.1. The molecule has 0 aliphatic carbocycles. The van der Waals surface area contributed by atoms with Gasteiger partial charge in [-0.05, 0) is 219 Å². The van der Waals surface area contributed by atoms with Crippen LogP contribution in [-0.4, -0.2) is 119 Å². The van der Waals surface area contributed by atoms with Crippen LogP contribution in [0.15, 0.2) is 155 Å². The number of halogens is 4. The van der Waals surface area contributed by atoms with E-state index in [1.54, 1.807) is 17.0 Å². The Morgan fingerprint density at radius 3 is 1.16 bits per heavy atom. The van der Waals surface area contributed by atoms with E-state index in [2.05, 4.69) is 127 Å². The minimum atomic E-state index is -1.35. The first kappa shape index (κ1) is 84.3. The number of aryl methyl sites for hydroxylation is 7. The third-order valence-electron chi connectivity index (χ3n) is 15.1. The lowest BCUT2D eigenvalue weighted by Crippen LogP contribution is -2.41. The summed E-state index contributed by atoms with van der Waals surface area (Å²) in [6, 6.07) is 47.3. The fourth-order valence-electron chi connectivity index (χ4n) is 10.6. The maximum Gasteiger partial charge on any atom is 0.488 e. The molecule has 0 unspecified atom stereocenters. The first-order valence-electron chi connectivity index (χ1n) is 33.9. The maximum atomic E-state index is 12.4. The van der Waals surface area contributed by atoms with Crippen molar-refractivity contribution in [3.05, 3.63) is 193 Å². The third kappa shape index (κ3) is 28.5. The van der Waals surface area contributed by atoms with Crippen molar-refractivity contribution in [2.45, 2.75) is 159 Å². The molecule has 546 valence electrons. The Balaban J connectivity index is 0.000000269. The second kappa shape index (κ2) is 39.9. The van der Waals surface area contributed by atoms with Crippen molar-refractivity contribution in [1.82, 2.24) is 0 Å². The van der Waals surface area contributed by atoms with E-state index < -0.39 is 24.3 Å². The van der Waals surface area contributed by atoms with E-state index in [9.17, 15) is 42.7 Å². The smallest absolute Gasteiger partial charge is 0.480 e. The number of rotatable bonds is 10. The monoisotopic (exact) mass is 1590 g/mol. The summed E-state index contributed by atoms with van der Waals surface area (Å²) in [5.74, 6) is -2.07. The van der Waals surface area contributed by atoms with E-state index in [0.717, 1.165) is 82.6 Å². The van der Waals surface area contributed by atoms with E-state index >= 15 is 0 Å². The highest BCUT2D eigenvalue weighted by Gasteiger charge is 2.31. The number of hydrogen-bond acceptors (Lipinski definition) is 13. The average molecular weight is 1600 g/mol. The van der Waals surface area contributed by atoms with Crippen LogP contribution in [0.5, 0.6) is 0 Å². The summed E-state index contributed by atoms with van der Waals surface area (Å²) >= 11 is 9.81. The van der Waals surface area contributed by atoms with Crippen molar-refractivity contribution in [1.29, 1.82) is 0 Å². The lowest BCUT2D eigenvalue weighted by molar-refractivity contribution is -0.154. The van der Waals surface area contributed by atoms with Gasteiger partial charge in [0.15, 0.2) is 0 Å². The fraction of sp³-hybridized carbons (Fsp3) is 0.367. The number of anilines is 4. The van der Waals surface area contributed by atoms with Gasteiger partial charge in [-0.25, -0.2) is 0 Å². The molecule has 4 heterocycles. The number of amides is 4. The van der Waals surface area contributed by atoms with Gasteiger partial charge in [0.05, 0.1) is 7.18 Å². The van der Waals surface area contributed by atoms with E-state index in [0.29, 0.717) is 57.6 Å². The second-order valence-electron chi connectivity index (χ2n) is 27.1. The number of aliphatic carboxylic acids is 1. The highest BCUT2D eigenvalue weighted by Crippen LogP contribution is 2.35. The molecule has 11 rings (SSSR count). The normalized spacial score (nSPS) is 13.4. The fourth-order valence-corrected chi connectivity index (χ4v) is 11.6. The van der Waals surface area contributed by atoms with Gasteiger partial charge < -0.3 is 49.4 Å². The number of hydrogen-bond donors (Lipinski definition) is 4. The van der Waals surface area contributed by atoms with Crippen LogP contribution < -0.4 is 25.5 Å². The van der Waals surface area contributed by atoms with Gasteiger partial charge >= 0.3 is 31.0 Å². The molecular formula is C79H95BBr3FN4O14. The molecule has 7 aromatic carbocycles. The van der Waals surface area contributed by atoms with Gasteiger partial charge in [0.1, 0.15) is 41.8 Å². The van der Waals surface area contributed by atoms with Crippen LogP contribution in [0.1, 0.15) is 136 Å². The van der Waals surface area contributed by atoms with Gasteiger partial charge in [0, 0.05) is 58.7 Å². The van der Waals surface area contributed by atoms with Gasteiger partial charge in [-0.15, -0.1) is 0 Å². The van der Waals surface area contributed by atoms with Gasteiger partial charge in [-0.1, -0.05) is 157 Å². The van der Waals surface area contributed by atoms with Crippen LogP contribution in [0.3, 0.4) is 0 Å². The number of carboxylic acids is 1. The quantitative estimate of drug-likeness (QED) is 0.0431. The maximum absolute atomic E-state index is 12.4. The summed E-state index contributed by atoms with van der Waals surface area (Å²) in [5, 5.41) is 29.4. The molecule has 0 radical (unpaired) electrons. The highest BCUT2D eigenvalue weighted by molar-refractivity contribution is 9.10. The molecule has 18 nitrogen and oxygen atoms in total. The van der Waals surface area contributed by atoms with Crippen LogP contribution in [0.25, 0.3) is 22.3 Å². The van der Waals surface area contributed by atoms with Crippen LogP contribution >= 0.6 is 47.8 Å². The molecule has 4 aliphatic rings. The van der Waals surface area contributed by atoms with Gasteiger partial charge in [-0.3, -0.25) is 42.7 Å². The standard InChI is InChI=1S/C22H25NO3.C18H17NO3.C15H18BrNO3.C9H8BrNO.C7H9BO2.C6H11BrO2.CH3F.CH4/c1-15-5-7-16(8-6-15)17-9-11-19-18(13-17)10-12-20(24)23(19)14-21(25)26-22(2,3)4;1-12-2-4-13(5-3-12)14-6-8-16-15(10-14)7-9-17(20)19(16)11-18(21)22;1-15(2,3)20-14(19)9-17-12-6-5-11(16)8-10(12)4-7-13(17)18;10-7-2-3-8-6(5-7)1-4-9(12)11-8;1-6-2-4-7(5-3-6)8(9)10;1-6(2,3)9-5(8)4-7;1-2;/h5-9,11,13H,10,12,14H2,1-4H3;2-6,8,10H,7,9,11H2,1H3,(H,21,22);5-6,8H,4,7,9H2,1-3H3;2-3,5H,1,4H2,(H,11,12);2-5,9-10H,1H3;4H2,1-3H3;1H3;1H4/i;;;;;;;1D. The van der Waals surface area contributed by atoms with Gasteiger partial charge in [-0.2, -0.15) is 0 Å². The van der Waals surface area contributed by atoms with Crippen LogP contribution in [0.2, 0.25) is 0 Å². The van der Waals surface area contributed by atoms with E-state index in [-0.39, 0.29) is 72.1 Å². The SMILES string of the molecule is CC(C)(C)OC(=O)CBr.CC(C)(C)OC(=O)CN1C(=O)CCc2cc(Br)ccc21.CF.Cc1ccc(-c2ccc3c(c2)CCC(=O)N3CC(=O)O)cc1.Cc1ccc(-c2ccc3c(c2)CCC(=O)N3CC(=O)OC(C)(C)C)cc1.Cc1ccc(B(O)O)cc1.O=C1CCc2cc(Br)ccc2N1.[2H]C. The minimum Gasteiger partial charge on any atom is -0.480 e. The topological polar surface area (TPSA) is 247 Å². The largest absolute Gasteiger partial charge is 0.488 e. The van der Waals surface area contributed by atoms with Crippen LogP contribution in [0, 0.1) is 20.8 Å². The first-order valence-corrected chi connectivity index (χ1v) is 35.6. The number of fused-ring (bicyclic) bond motifs is 4. The summed E-state index contributed by atoms with van der Waals surface area (Å²) < 4.78 is 32.9.